The van der Waals surface area contributed by atoms with Crippen molar-refractivity contribution in [1.29, 1.82) is 0 Å². The van der Waals surface area contributed by atoms with Crippen LogP contribution in [-0.4, -0.2) is 49.1 Å². The predicted octanol–water partition coefficient (Wildman–Crippen LogP) is 2.94. The number of unbranched alkanes of at least 4 members (excludes halogenated alkanes) is 11. The summed E-state index contributed by atoms with van der Waals surface area (Å²) < 4.78 is 4.46. The highest BCUT2D eigenvalue weighted by atomic mass is 16.5. The fourth-order valence-electron chi connectivity index (χ4n) is 2.93. The smallest absolute Gasteiger partial charge is 0.325 e. The first-order valence-electron chi connectivity index (χ1n) is 10.8. The predicted molar refractivity (Wildman–Crippen MR) is 110 cm³/mol. The number of nitrogens with one attached hydrogen (secondary N) is 2. The molecule has 0 aliphatic rings. The van der Waals surface area contributed by atoms with Crippen molar-refractivity contribution < 1.29 is 29.0 Å². The Bertz CT molecular complexity index is 482. The van der Waals surface area contributed by atoms with Gasteiger partial charge in [0.15, 0.2) is 0 Å². The van der Waals surface area contributed by atoms with Gasteiger partial charge in [-0.1, -0.05) is 64.2 Å². The monoisotopic (exact) mass is 414 g/mol. The van der Waals surface area contributed by atoms with Crippen LogP contribution in [0.5, 0.6) is 0 Å². The minimum atomic E-state index is -1.02. The third-order valence-corrected chi connectivity index (χ3v) is 4.65. The molecular formula is C21H38N2O6. The number of rotatable bonds is 19. The van der Waals surface area contributed by atoms with Gasteiger partial charge in [-0.05, 0) is 12.8 Å². The van der Waals surface area contributed by atoms with Crippen molar-refractivity contribution in [1.82, 2.24) is 10.6 Å². The molecule has 168 valence electrons. The lowest BCUT2D eigenvalue weighted by atomic mass is 10.0. The molecule has 0 saturated carbocycles. The van der Waals surface area contributed by atoms with Crippen LogP contribution in [0.4, 0.5) is 0 Å². The fourth-order valence-corrected chi connectivity index (χ4v) is 2.93. The van der Waals surface area contributed by atoms with Gasteiger partial charge in [0.25, 0.3) is 0 Å². The first-order chi connectivity index (χ1) is 14.0. The maximum Gasteiger partial charge on any atom is 0.325 e. The van der Waals surface area contributed by atoms with Crippen LogP contribution in [0.15, 0.2) is 0 Å². The van der Waals surface area contributed by atoms with Crippen molar-refractivity contribution in [3.8, 4) is 0 Å². The Morgan fingerprint density at radius 3 is 1.31 bits per heavy atom. The summed E-state index contributed by atoms with van der Waals surface area (Å²) in [4.78, 5) is 44.1. The van der Waals surface area contributed by atoms with Crippen LogP contribution in [0.25, 0.3) is 0 Å². The number of carboxylic acids is 1. The van der Waals surface area contributed by atoms with E-state index in [1.165, 1.54) is 45.6 Å². The van der Waals surface area contributed by atoms with Crippen LogP contribution in [0.2, 0.25) is 0 Å². The highest BCUT2D eigenvalue weighted by molar-refractivity contribution is 5.82. The van der Waals surface area contributed by atoms with E-state index in [0.29, 0.717) is 12.8 Å². The molecule has 0 bridgehead atoms. The molecule has 0 fully saturated rings. The van der Waals surface area contributed by atoms with E-state index in [1.54, 1.807) is 0 Å². The van der Waals surface area contributed by atoms with Gasteiger partial charge in [0.1, 0.15) is 13.1 Å². The van der Waals surface area contributed by atoms with Crippen molar-refractivity contribution in [3.05, 3.63) is 0 Å². The Morgan fingerprint density at radius 2 is 0.966 bits per heavy atom. The number of ether oxygens (including phenoxy) is 1. The molecule has 0 radical (unpaired) electrons. The number of aliphatic carboxylic acids is 1. The average molecular weight is 415 g/mol. The zero-order valence-electron chi connectivity index (χ0n) is 17.8. The van der Waals surface area contributed by atoms with Crippen molar-refractivity contribution in [2.24, 2.45) is 0 Å². The van der Waals surface area contributed by atoms with Crippen LogP contribution < -0.4 is 10.6 Å². The molecule has 0 spiro atoms. The highest BCUT2D eigenvalue weighted by Gasteiger charge is 2.05. The molecule has 29 heavy (non-hydrogen) atoms. The van der Waals surface area contributed by atoms with Crippen molar-refractivity contribution in [2.45, 2.75) is 89.9 Å². The number of hydrogen-bond donors (Lipinski definition) is 3. The van der Waals surface area contributed by atoms with Gasteiger partial charge in [-0.15, -0.1) is 0 Å². The lowest BCUT2D eigenvalue weighted by Crippen LogP contribution is -2.29. The Kier molecular flexibility index (Phi) is 17.8. The van der Waals surface area contributed by atoms with Gasteiger partial charge in [-0.25, -0.2) is 0 Å². The van der Waals surface area contributed by atoms with Gasteiger partial charge in [-0.2, -0.15) is 0 Å². The van der Waals surface area contributed by atoms with E-state index in [1.807, 2.05) is 0 Å². The number of carboxylic acid groups (broad SMARTS) is 1. The Balaban J connectivity index is 3.24. The molecule has 2 amide bonds. The minimum absolute atomic E-state index is 0.0581. The average Bonchev–Trinajstić information content (AvgIpc) is 2.70. The number of carbonyl (C=O) groups is 4. The maximum absolute atomic E-state index is 11.5. The van der Waals surface area contributed by atoms with Gasteiger partial charge in [0.05, 0.1) is 7.11 Å². The second-order valence-corrected chi connectivity index (χ2v) is 7.27. The Hall–Kier alpha value is -2.12. The number of carbonyl (C=O) groups excluding carboxylic acids is 3. The maximum atomic E-state index is 11.5. The van der Waals surface area contributed by atoms with E-state index in [4.69, 9.17) is 5.11 Å². The van der Waals surface area contributed by atoms with Crippen molar-refractivity contribution in [2.75, 3.05) is 20.2 Å². The molecule has 8 heteroatoms. The molecule has 0 aromatic carbocycles. The first kappa shape index (κ1) is 26.9. The summed E-state index contributed by atoms with van der Waals surface area (Å²) >= 11 is 0. The Labute approximate surface area is 174 Å². The summed E-state index contributed by atoms with van der Waals surface area (Å²) in [6, 6.07) is 0. The van der Waals surface area contributed by atoms with Crippen LogP contribution in [0.1, 0.15) is 89.9 Å². The molecule has 0 saturated heterocycles. The third-order valence-electron chi connectivity index (χ3n) is 4.65. The second-order valence-electron chi connectivity index (χ2n) is 7.27. The lowest BCUT2D eigenvalue weighted by molar-refractivity contribution is -0.141. The molecular weight excluding hydrogens is 376 g/mol. The van der Waals surface area contributed by atoms with E-state index in [-0.39, 0.29) is 24.9 Å². The van der Waals surface area contributed by atoms with Gasteiger partial charge < -0.3 is 20.5 Å². The van der Waals surface area contributed by atoms with Crippen LogP contribution >= 0.6 is 0 Å². The number of hydrogen-bond acceptors (Lipinski definition) is 5. The van der Waals surface area contributed by atoms with E-state index >= 15 is 0 Å². The van der Waals surface area contributed by atoms with Gasteiger partial charge in [-0.3, -0.25) is 19.2 Å². The summed E-state index contributed by atoms with van der Waals surface area (Å²) in [5.41, 5.74) is 0. The number of methoxy groups -OCH3 is 1. The molecule has 0 unspecified atom stereocenters. The van der Waals surface area contributed by atoms with Gasteiger partial charge in [0.2, 0.25) is 11.8 Å². The molecule has 0 aliphatic carbocycles. The number of esters is 1. The summed E-state index contributed by atoms with van der Waals surface area (Å²) in [5.74, 6) is -1.73. The zero-order valence-corrected chi connectivity index (χ0v) is 17.8. The van der Waals surface area contributed by atoms with E-state index in [9.17, 15) is 19.2 Å². The molecule has 8 nitrogen and oxygen atoms in total. The SMILES string of the molecule is COC(=O)CNC(=O)CCCCCCCCCCCCCCC(=O)NCC(=O)O. The van der Waals surface area contributed by atoms with E-state index < -0.39 is 11.9 Å². The molecule has 0 rings (SSSR count). The van der Waals surface area contributed by atoms with Crippen molar-refractivity contribution >= 4 is 23.8 Å². The summed E-state index contributed by atoms with van der Waals surface area (Å²) in [6.45, 7) is -0.358. The third kappa shape index (κ3) is 20.4. The van der Waals surface area contributed by atoms with Crippen LogP contribution in [0.3, 0.4) is 0 Å². The summed E-state index contributed by atoms with van der Waals surface area (Å²) in [5, 5.41) is 13.4. The molecule has 0 aromatic rings. The molecule has 0 heterocycles. The normalized spacial score (nSPS) is 10.4. The standard InChI is InChI=1S/C21H38N2O6/c1-29-21(28)17-23-19(25)15-13-11-9-7-5-3-2-4-6-8-10-12-14-18(24)22-16-20(26)27/h2-17H2,1H3,(H,22,24)(H,23,25)(H,26,27). The minimum Gasteiger partial charge on any atom is -0.480 e. The Morgan fingerprint density at radius 1 is 0.621 bits per heavy atom. The largest absolute Gasteiger partial charge is 0.480 e. The highest BCUT2D eigenvalue weighted by Crippen LogP contribution is 2.13. The second kappa shape index (κ2) is 19.2. The molecule has 0 aliphatic heterocycles. The summed E-state index contributed by atoms with van der Waals surface area (Å²) in [6.07, 6.45) is 14.1. The van der Waals surface area contributed by atoms with Crippen LogP contribution in [-0.2, 0) is 23.9 Å². The van der Waals surface area contributed by atoms with Gasteiger partial charge >= 0.3 is 11.9 Å². The number of amides is 2. The topological polar surface area (TPSA) is 122 Å². The van der Waals surface area contributed by atoms with Gasteiger partial charge in [0, 0.05) is 12.8 Å². The van der Waals surface area contributed by atoms with Crippen molar-refractivity contribution in [3.63, 3.8) is 0 Å². The lowest BCUT2D eigenvalue weighted by Gasteiger charge is -2.05. The molecule has 3 N–H and O–H groups in total. The quantitative estimate of drug-likeness (QED) is 0.221. The fraction of sp³-hybridized carbons (Fsp3) is 0.810. The molecule has 0 aromatic heterocycles. The van der Waals surface area contributed by atoms with Crippen LogP contribution in [0, 0.1) is 0 Å². The summed E-state index contributed by atoms with van der Waals surface area (Å²) in [7, 11) is 1.30. The zero-order chi connectivity index (χ0) is 21.7. The van der Waals surface area contributed by atoms with E-state index in [2.05, 4.69) is 15.4 Å². The van der Waals surface area contributed by atoms with E-state index in [0.717, 1.165) is 38.5 Å². The first-order valence-corrected chi connectivity index (χ1v) is 10.8. The molecule has 0 atom stereocenters.